The van der Waals surface area contributed by atoms with E-state index < -0.39 is 11.4 Å². The molecule has 10 heteroatoms. The molecule has 0 aromatic carbocycles. The molecule has 5 rings (SSSR count). The maximum Gasteiger partial charge on any atom is 0.165 e. The van der Waals surface area contributed by atoms with E-state index in [2.05, 4.69) is 25.1 Å². The monoisotopic (exact) mass is 496 g/mol. The summed E-state index contributed by atoms with van der Waals surface area (Å²) in [7, 11) is 0. The lowest BCUT2D eigenvalue weighted by Crippen LogP contribution is -2.43. The van der Waals surface area contributed by atoms with Gasteiger partial charge in [0.1, 0.15) is 17.2 Å². The molecule has 192 valence electrons. The fourth-order valence-electron chi connectivity index (χ4n) is 5.06. The number of β-amino-alcohol motifs (C(OH)–C–C–N with tert-alkyl or cyclic N) is 1. The van der Waals surface area contributed by atoms with Gasteiger partial charge in [0.2, 0.25) is 0 Å². The molecule has 3 N–H and O–H groups in total. The van der Waals surface area contributed by atoms with Crippen molar-refractivity contribution in [1.29, 1.82) is 0 Å². The second-order valence-corrected chi connectivity index (χ2v) is 9.69. The van der Waals surface area contributed by atoms with Crippen molar-refractivity contribution in [2.24, 2.45) is 5.92 Å². The molecule has 0 amide bonds. The van der Waals surface area contributed by atoms with Crippen LogP contribution in [0.2, 0.25) is 0 Å². The Labute approximate surface area is 209 Å². The van der Waals surface area contributed by atoms with Crippen LogP contribution < -0.4 is 10.2 Å². The molecule has 0 unspecified atom stereocenters. The van der Waals surface area contributed by atoms with Crippen LogP contribution in [0.5, 0.6) is 0 Å². The van der Waals surface area contributed by atoms with Crippen LogP contribution in [0.4, 0.5) is 21.7 Å². The first-order chi connectivity index (χ1) is 17.4. The van der Waals surface area contributed by atoms with E-state index in [9.17, 15) is 14.6 Å². The van der Waals surface area contributed by atoms with E-state index in [4.69, 9.17) is 9.72 Å². The quantitative estimate of drug-likeness (QED) is 0.455. The SMILES string of the molecule is C[C@](O)(c1ccc2cnc(Nc3cc(N4CCOCC4)ncc3F)cc2n1)C1CCN(CCO)CC1. The lowest BCUT2D eigenvalue weighted by Gasteiger charge is -2.39. The third kappa shape index (κ3) is 5.27. The van der Waals surface area contributed by atoms with Gasteiger partial charge in [0.25, 0.3) is 0 Å². The maximum absolute atomic E-state index is 14.6. The molecule has 2 saturated heterocycles. The molecular weight excluding hydrogens is 463 g/mol. The third-order valence-electron chi connectivity index (χ3n) is 7.33. The number of piperidine rings is 1. The van der Waals surface area contributed by atoms with E-state index in [1.807, 2.05) is 19.1 Å². The Morgan fingerprint density at radius 1 is 1.11 bits per heavy atom. The molecule has 0 bridgehead atoms. The lowest BCUT2D eigenvalue weighted by molar-refractivity contribution is -0.0372. The fourth-order valence-corrected chi connectivity index (χ4v) is 5.06. The van der Waals surface area contributed by atoms with Gasteiger partial charge in [-0.15, -0.1) is 0 Å². The highest BCUT2D eigenvalue weighted by Gasteiger charge is 2.37. The van der Waals surface area contributed by atoms with Gasteiger partial charge in [-0.1, -0.05) is 0 Å². The highest BCUT2D eigenvalue weighted by molar-refractivity contribution is 5.81. The number of anilines is 3. The van der Waals surface area contributed by atoms with Gasteiger partial charge in [0.05, 0.1) is 42.9 Å². The molecule has 9 nitrogen and oxygen atoms in total. The largest absolute Gasteiger partial charge is 0.395 e. The molecule has 0 saturated carbocycles. The number of pyridine rings is 3. The van der Waals surface area contributed by atoms with Crippen LogP contribution in [0.15, 0.2) is 36.7 Å². The van der Waals surface area contributed by atoms with Crippen molar-refractivity contribution in [2.45, 2.75) is 25.4 Å². The van der Waals surface area contributed by atoms with Gasteiger partial charge in [-0.05, 0) is 50.9 Å². The second-order valence-electron chi connectivity index (χ2n) is 9.69. The summed E-state index contributed by atoms with van der Waals surface area (Å²) in [5.74, 6) is 0.749. The maximum atomic E-state index is 14.6. The zero-order chi connectivity index (χ0) is 25.1. The Morgan fingerprint density at radius 2 is 1.89 bits per heavy atom. The first-order valence-electron chi connectivity index (χ1n) is 12.5. The molecule has 2 aliphatic rings. The van der Waals surface area contributed by atoms with Crippen LogP contribution in [-0.4, -0.2) is 82.6 Å². The molecule has 0 radical (unpaired) electrons. The molecule has 2 aliphatic heterocycles. The molecule has 36 heavy (non-hydrogen) atoms. The number of fused-ring (bicyclic) bond motifs is 1. The van der Waals surface area contributed by atoms with Crippen LogP contribution in [0.25, 0.3) is 10.9 Å². The predicted molar refractivity (Wildman–Crippen MR) is 136 cm³/mol. The Kier molecular flexibility index (Phi) is 7.29. The first-order valence-corrected chi connectivity index (χ1v) is 12.5. The summed E-state index contributed by atoms with van der Waals surface area (Å²) < 4.78 is 20.0. The van der Waals surface area contributed by atoms with E-state index in [1.54, 1.807) is 18.3 Å². The summed E-state index contributed by atoms with van der Waals surface area (Å²) in [5, 5.41) is 24.5. The number of aliphatic hydroxyl groups is 2. The van der Waals surface area contributed by atoms with Crippen molar-refractivity contribution >= 4 is 28.2 Å². The molecule has 1 atom stereocenters. The normalized spacial score (nSPS) is 19.4. The average molecular weight is 497 g/mol. The van der Waals surface area contributed by atoms with Gasteiger partial charge < -0.3 is 30.1 Å². The topological polar surface area (TPSA) is 107 Å². The average Bonchev–Trinajstić information content (AvgIpc) is 2.90. The number of nitrogens with zero attached hydrogens (tertiary/aromatic N) is 5. The van der Waals surface area contributed by atoms with E-state index in [0.29, 0.717) is 55.7 Å². The van der Waals surface area contributed by atoms with E-state index in [1.165, 1.54) is 6.20 Å². The number of morpholine rings is 1. The molecule has 0 aliphatic carbocycles. The number of nitrogens with one attached hydrogen (secondary N) is 1. The summed E-state index contributed by atoms with van der Waals surface area (Å²) in [6, 6.07) is 7.22. The molecule has 3 aromatic heterocycles. The van der Waals surface area contributed by atoms with Gasteiger partial charge in [0, 0.05) is 43.4 Å². The van der Waals surface area contributed by atoms with Gasteiger partial charge in [-0.2, -0.15) is 0 Å². The van der Waals surface area contributed by atoms with E-state index >= 15 is 0 Å². The zero-order valence-corrected chi connectivity index (χ0v) is 20.5. The fraction of sp³-hybridized carbons (Fsp3) is 0.500. The van der Waals surface area contributed by atoms with Crippen molar-refractivity contribution < 1.29 is 19.3 Å². The number of ether oxygens (including phenoxy) is 1. The van der Waals surface area contributed by atoms with Crippen LogP contribution in [-0.2, 0) is 10.3 Å². The standard InChI is InChI=1S/C26H33FN6O3/c1-26(35,19-4-6-32(7-5-19)8-11-34)23-3-2-18-16-28-24(14-21(18)30-23)31-22-15-25(29-17-20(22)27)33-9-12-36-13-10-33/h2-3,14-17,19,34-35H,4-13H2,1H3,(H,28,29,31)/t26-/m1/s1. The smallest absolute Gasteiger partial charge is 0.165 e. The van der Waals surface area contributed by atoms with Crippen molar-refractivity contribution in [2.75, 3.05) is 62.8 Å². The summed E-state index contributed by atoms with van der Waals surface area (Å²) >= 11 is 0. The summed E-state index contributed by atoms with van der Waals surface area (Å²) in [6.45, 7) is 6.98. The molecule has 2 fully saturated rings. The van der Waals surface area contributed by atoms with Crippen LogP contribution in [0.1, 0.15) is 25.5 Å². The van der Waals surface area contributed by atoms with Crippen LogP contribution in [0, 0.1) is 11.7 Å². The van der Waals surface area contributed by atoms with E-state index in [-0.39, 0.29) is 18.2 Å². The molecule has 0 spiro atoms. The number of hydrogen-bond acceptors (Lipinski definition) is 9. The minimum Gasteiger partial charge on any atom is -0.395 e. The van der Waals surface area contributed by atoms with Gasteiger partial charge in [-0.25, -0.2) is 19.3 Å². The third-order valence-corrected chi connectivity index (χ3v) is 7.33. The summed E-state index contributed by atoms with van der Waals surface area (Å²) in [5.41, 5.74) is 0.486. The summed E-state index contributed by atoms with van der Waals surface area (Å²) in [6.07, 6.45) is 4.58. The van der Waals surface area contributed by atoms with Crippen molar-refractivity contribution in [3.63, 3.8) is 0 Å². The van der Waals surface area contributed by atoms with Crippen molar-refractivity contribution in [3.8, 4) is 0 Å². The highest BCUT2D eigenvalue weighted by atomic mass is 19.1. The summed E-state index contributed by atoms with van der Waals surface area (Å²) in [4.78, 5) is 17.7. The Balaban J connectivity index is 1.36. The van der Waals surface area contributed by atoms with Gasteiger partial charge in [0.15, 0.2) is 5.82 Å². The molecular formula is C26H33FN6O3. The minimum absolute atomic E-state index is 0.0707. The Hall–Kier alpha value is -2.92. The highest BCUT2D eigenvalue weighted by Crippen LogP contribution is 2.36. The number of hydrogen-bond donors (Lipinski definition) is 3. The predicted octanol–water partition coefficient (Wildman–Crippen LogP) is 2.66. The number of halogens is 1. The lowest BCUT2D eigenvalue weighted by atomic mass is 9.79. The second kappa shape index (κ2) is 10.6. The Bertz CT molecular complexity index is 1200. The first kappa shape index (κ1) is 24.8. The van der Waals surface area contributed by atoms with E-state index in [0.717, 1.165) is 31.3 Å². The number of likely N-dealkylation sites (tertiary alicyclic amines) is 1. The van der Waals surface area contributed by atoms with Gasteiger partial charge >= 0.3 is 0 Å². The van der Waals surface area contributed by atoms with Gasteiger partial charge in [-0.3, -0.25) is 0 Å². The van der Waals surface area contributed by atoms with Crippen LogP contribution >= 0.6 is 0 Å². The number of aromatic nitrogens is 3. The van der Waals surface area contributed by atoms with Crippen LogP contribution in [0.3, 0.4) is 0 Å². The zero-order valence-electron chi connectivity index (χ0n) is 20.5. The number of rotatable bonds is 7. The molecule has 3 aromatic rings. The molecule has 5 heterocycles. The minimum atomic E-state index is -1.08. The van der Waals surface area contributed by atoms with Crippen molar-refractivity contribution in [1.82, 2.24) is 19.9 Å². The van der Waals surface area contributed by atoms with Crippen molar-refractivity contribution in [3.05, 3.63) is 48.2 Å². The Morgan fingerprint density at radius 3 is 2.64 bits per heavy atom. The number of aliphatic hydroxyl groups excluding tert-OH is 1.